The van der Waals surface area contributed by atoms with Gasteiger partial charge in [0, 0.05) is 22.0 Å². The normalized spacial score (nSPS) is 14.8. The number of hydrogen-bond acceptors (Lipinski definition) is 3. The van der Waals surface area contributed by atoms with Gasteiger partial charge in [0.2, 0.25) is 0 Å². The van der Waals surface area contributed by atoms with Crippen molar-refractivity contribution in [2.75, 3.05) is 12.8 Å². The molecule has 8 heteroatoms. The fraction of sp³-hybridized carbons (Fsp3) is 0.172. The molecule has 0 saturated heterocycles. The second-order valence-electron chi connectivity index (χ2n) is 8.90. The zero-order valence-corrected chi connectivity index (χ0v) is 22.9. The summed E-state index contributed by atoms with van der Waals surface area (Å²) in [6.45, 7) is 2.76. The van der Waals surface area contributed by atoms with Gasteiger partial charge in [-0.3, -0.25) is 4.21 Å². The molecule has 5 rings (SSSR count). The molecular formula is C29H25FN2O3SSe. The van der Waals surface area contributed by atoms with E-state index in [-0.39, 0.29) is 38.4 Å². The summed E-state index contributed by atoms with van der Waals surface area (Å²) < 4.78 is 28.8. The number of benzene rings is 3. The summed E-state index contributed by atoms with van der Waals surface area (Å²) in [7, 11) is -1.05. The maximum absolute atomic E-state index is 14.2. The van der Waals surface area contributed by atoms with Gasteiger partial charge in [0.25, 0.3) is 0 Å². The number of aromatic nitrogens is 1. The molecule has 1 aromatic heterocycles. The van der Waals surface area contributed by atoms with Crippen molar-refractivity contribution in [1.82, 2.24) is 8.88 Å². The van der Waals surface area contributed by atoms with Gasteiger partial charge in [0.15, 0.2) is 0 Å². The Hall–Kier alpha value is -3.32. The first-order chi connectivity index (χ1) is 17.8. The van der Waals surface area contributed by atoms with Crippen LogP contribution in [0.4, 0.5) is 4.39 Å². The Kier molecular flexibility index (Phi) is 7.24. The zero-order valence-electron chi connectivity index (χ0n) is 20.4. The minimum atomic E-state index is -1.05. The van der Waals surface area contributed by atoms with Gasteiger partial charge >= 0.3 is 185 Å². The fourth-order valence-electron chi connectivity index (χ4n) is 4.59. The van der Waals surface area contributed by atoms with E-state index in [1.807, 2.05) is 61.5 Å². The summed E-state index contributed by atoms with van der Waals surface area (Å²) >= 11 is -0.0799. The Balaban J connectivity index is 1.34. The molecule has 0 radical (unpaired) electrons. The molecule has 0 saturated carbocycles. The molecule has 3 aromatic carbocycles. The van der Waals surface area contributed by atoms with E-state index in [2.05, 4.69) is 5.32 Å². The first-order valence-corrected chi connectivity index (χ1v) is 15.0. The number of allylic oxidation sites excluding steroid dienone is 2. The molecular weight excluding hydrogens is 554 g/mol. The number of amides is 1. The summed E-state index contributed by atoms with van der Waals surface area (Å²) in [5, 5.41) is 3.68. The van der Waals surface area contributed by atoms with Gasteiger partial charge < -0.3 is 0 Å². The van der Waals surface area contributed by atoms with Crippen molar-refractivity contribution in [1.29, 1.82) is 0 Å². The molecule has 0 spiro atoms. The Labute approximate surface area is 222 Å². The van der Waals surface area contributed by atoms with Gasteiger partial charge in [0.1, 0.15) is 0 Å². The first kappa shape index (κ1) is 25.3. The smallest absolute Gasteiger partial charge is 0.255 e. The van der Waals surface area contributed by atoms with E-state index in [1.165, 1.54) is 12.1 Å². The number of nitrogens with one attached hydrogen (secondary N) is 1. The van der Waals surface area contributed by atoms with Gasteiger partial charge in [0.05, 0.1) is 0 Å². The molecule has 1 amide bonds. The molecule has 0 aliphatic heterocycles. The minimum absolute atomic E-state index is 0.0107. The van der Waals surface area contributed by atoms with Gasteiger partial charge in [-0.2, -0.15) is 0 Å². The Morgan fingerprint density at radius 2 is 1.84 bits per heavy atom. The Morgan fingerprint density at radius 1 is 1.08 bits per heavy atom. The van der Waals surface area contributed by atoms with Crippen LogP contribution >= 0.6 is 0 Å². The van der Waals surface area contributed by atoms with Crippen LogP contribution in [0.5, 0.6) is 0 Å². The molecule has 1 heterocycles. The van der Waals surface area contributed by atoms with Crippen molar-refractivity contribution in [2.24, 2.45) is 0 Å². The second-order valence-corrected chi connectivity index (χ2v) is 12.5. The predicted molar refractivity (Wildman–Crippen MR) is 148 cm³/mol. The van der Waals surface area contributed by atoms with Crippen molar-refractivity contribution < 1.29 is 13.4 Å². The van der Waals surface area contributed by atoms with Gasteiger partial charge in [-0.1, -0.05) is 0 Å². The summed E-state index contributed by atoms with van der Waals surface area (Å²) in [6.07, 6.45) is 3.77. The average Bonchev–Trinajstić information content (AvgIpc) is 3.33. The van der Waals surface area contributed by atoms with Crippen LogP contribution in [0, 0.1) is 5.82 Å². The molecule has 0 bridgehead atoms. The second kappa shape index (κ2) is 10.6. The fourth-order valence-corrected chi connectivity index (χ4v) is 7.19. The monoisotopic (exact) mass is 580 g/mol. The third-order valence-electron chi connectivity index (χ3n) is 6.50. The van der Waals surface area contributed by atoms with Crippen LogP contribution in [0.25, 0.3) is 26.9 Å². The third-order valence-corrected chi connectivity index (χ3v) is 9.79. The van der Waals surface area contributed by atoms with Crippen LogP contribution in [0.1, 0.15) is 30.0 Å². The molecule has 1 N–H and O–H groups in total. The third kappa shape index (κ3) is 5.23. The molecule has 0 fully saturated rings. The topological polar surface area (TPSA) is 68.2 Å². The molecule has 4 aromatic rings. The number of hydrogen-bond donors (Lipinski definition) is 1. The van der Waals surface area contributed by atoms with E-state index < -0.39 is 10.8 Å². The van der Waals surface area contributed by atoms with Crippen LogP contribution in [0.15, 0.2) is 82.0 Å². The molecule has 188 valence electrons. The summed E-state index contributed by atoms with van der Waals surface area (Å²) in [5.41, 5.74) is 5.20. The zero-order chi connectivity index (χ0) is 26.1. The van der Waals surface area contributed by atoms with Crippen molar-refractivity contribution >= 4 is 58.3 Å². The Morgan fingerprint density at radius 3 is 2.57 bits per heavy atom. The van der Waals surface area contributed by atoms with Crippen molar-refractivity contribution in [2.45, 2.75) is 24.8 Å². The standard InChI is InChI=1S/C29H25FN2O3SSe/c1-18-24(15-19-7-10-21(11-8-19)36(2)35)22-12-9-20(30)16-26(22)25(18)17-28(33)31-13-14-32-29(34)23-5-3-4-6-27(23)37-32/h3-12,15-16H,13-14,17H2,1-2H3,(H,31,33)/b24-15-. The van der Waals surface area contributed by atoms with E-state index in [0.717, 1.165) is 48.0 Å². The van der Waals surface area contributed by atoms with Crippen molar-refractivity contribution in [3.8, 4) is 0 Å². The first-order valence-electron chi connectivity index (χ1n) is 11.8. The van der Waals surface area contributed by atoms with Crippen LogP contribution in [0.3, 0.4) is 0 Å². The minimum Gasteiger partial charge on any atom is -0.255 e. The van der Waals surface area contributed by atoms with Gasteiger partial charge in [-0.15, -0.1) is 0 Å². The van der Waals surface area contributed by atoms with E-state index in [0.29, 0.717) is 13.1 Å². The molecule has 1 atom stereocenters. The SMILES string of the molecule is CC1=C(CC(=O)NCCn2[se]c3ccccc3c2=O)c2cc(F)ccc2/C1=C\c1ccc(S(C)=O)cc1. The van der Waals surface area contributed by atoms with Crippen LogP contribution < -0.4 is 10.9 Å². The average molecular weight is 580 g/mol. The van der Waals surface area contributed by atoms with Crippen molar-refractivity contribution in [3.05, 3.63) is 105 Å². The van der Waals surface area contributed by atoms with Crippen molar-refractivity contribution in [3.63, 3.8) is 0 Å². The summed E-state index contributed by atoms with van der Waals surface area (Å²) in [6, 6.07) is 19.8. The summed E-state index contributed by atoms with van der Waals surface area (Å²) in [5.74, 6) is -0.521. The summed E-state index contributed by atoms with van der Waals surface area (Å²) in [4.78, 5) is 26.2. The van der Waals surface area contributed by atoms with Crippen LogP contribution in [-0.4, -0.2) is 41.2 Å². The number of fused-ring (bicyclic) bond motifs is 2. The molecule has 1 aliphatic carbocycles. The van der Waals surface area contributed by atoms with Crippen LogP contribution in [-0.2, 0) is 22.1 Å². The van der Waals surface area contributed by atoms with E-state index in [1.54, 1.807) is 15.9 Å². The Bertz CT molecular complexity index is 1660. The quantitative estimate of drug-likeness (QED) is 0.329. The van der Waals surface area contributed by atoms with Gasteiger partial charge in [-0.05, 0) is 12.1 Å². The predicted octanol–water partition coefficient (Wildman–Crippen LogP) is 4.47. The molecule has 5 nitrogen and oxygen atoms in total. The number of rotatable bonds is 7. The maximum atomic E-state index is 14.2. The molecule has 1 aliphatic rings. The van der Waals surface area contributed by atoms with E-state index in [9.17, 15) is 18.2 Å². The van der Waals surface area contributed by atoms with E-state index >= 15 is 0 Å². The molecule has 1 unspecified atom stereocenters. The number of carbonyl (C=O) groups is 1. The number of halogens is 1. The van der Waals surface area contributed by atoms with E-state index in [4.69, 9.17) is 0 Å². The van der Waals surface area contributed by atoms with Crippen LogP contribution in [0.2, 0.25) is 0 Å². The number of carbonyl (C=O) groups excluding carboxylic acids is 1. The molecule has 37 heavy (non-hydrogen) atoms. The van der Waals surface area contributed by atoms with Gasteiger partial charge in [-0.25, -0.2) is 0 Å². The number of nitrogens with zero attached hydrogens (tertiary/aromatic N) is 1.